The van der Waals surface area contributed by atoms with Crippen molar-refractivity contribution in [2.45, 2.75) is 13.0 Å². The van der Waals surface area contributed by atoms with Crippen LogP contribution in [0.3, 0.4) is 0 Å². The molecule has 0 spiro atoms. The molecule has 2 N–H and O–H groups in total. The SMILES string of the molecule is CNc1ncnc(N2CCNC(=O)C2C)c1OC. The molecule has 2 rings (SSSR count). The Morgan fingerprint density at radius 1 is 1.56 bits per heavy atom. The van der Waals surface area contributed by atoms with Gasteiger partial charge < -0.3 is 20.3 Å². The van der Waals surface area contributed by atoms with E-state index in [1.165, 1.54) is 6.33 Å². The molecule has 7 heteroatoms. The lowest BCUT2D eigenvalue weighted by Crippen LogP contribution is -2.54. The number of aromatic nitrogens is 2. The number of carbonyl (C=O) groups is 1. The smallest absolute Gasteiger partial charge is 0.242 e. The van der Waals surface area contributed by atoms with Gasteiger partial charge in [0.15, 0.2) is 11.6 Å². The molecule has 1 aromatic rings. The van der Waals surface area contributed by atoms with Crippen molar-refractivity contribution in [2.24, 2.45) is 0 Å². The number of amides is 1. The van der Waals surface area contributed by atoms with E-state index in [1.54, 1.807) is 14.2 Å². The number of hydrogen-bond donors (Lipinski definition) is 2. The highest BCUT2D eigenvalue weighted by molar-refractivity contribution is 5.86. The summed E-state index contributed by atoms with van der Waals surface area (Å²) in [6, 6.07) is -0.271. The van der Waals surface area contributed by atoms with Crippen LogP contribution in [0.5, 0.6) is 5.75 Å². The zero-order valence-electron chi connectivity index (χ0n) is 10.7. The summed E-state index contributed by atoms with van der Waals surface area (Å²) < 4.78 is 5.34. The quantitative estimate of drug-likeness (QED) is 0.778. The summed E-state index contributed by atoms with van der Waals surface area (Å²) in [7, 11) is 3.33. The molecule has 1 aliphatic rings. The average molecular weight is 251 g/mol. The fourth-order valence-electron chi connectivity index (χ4n) is 2.01. The Labute approximate surface area is 106 Å². The maximum atomic E-state index is 11.7. The lowest BCUT2D eigenvalue weighted by molar-refractivity contribution is -0.122. The van der Waals surface area contributed by atoms with Gasteiger partial charge in [-0.15, -0.1) is 0 Å². The molecule has 1 fully saturated rings. The summed E-state index contributed by atoms with van der Waals surface area (Å²) in [5.41, 5.74) is 0. The molecule has 0 aliphatic carbocycles. The first-order valence-corrected chi connectivity index (χ1v) is 5.80. The van der Waals surface area contributed by atoms with Crippen LogP contribution in [0.4, 0.5) is 11.6 Å². The number of anilines is 2. The predicted molar refractivity (Wildman–Crippen MR) is 67.9 cm³/mol. The molecule has 0 bridgehead atoms. The second kappa shape index (κ2) is 5.07. The van der Waals surface area contributed by atoms with Crippen LogP contribution in [0.2, 0.25) is 0 Å². The average Bonchev–Trinajstić information content (AvgIpc) is 2.41. The fraction of sp³-hybridized carbons (Fsp3) is 0.545. The monoisotopic (exact) mass is 251 g/mol. The third kappa shape index (κ3) is 2.03. The van der Waals surface area contributed by atoms with E-state index in [9.17, 15) is 4.79 Å². The Balaban J connectivity index is 2.40. The fourth-order valence-corrected chi connectivity index (χ4v) is 2.01. The van der Waals surface area contributed by atoms with Crippen LogP contribution in [-0.2, 0) is 4.79 Å². The van der Waals surface area contributed by atoms with Crippen molar-refractivity contribution in [1.82, 2.24) is 15.3 Å². The largest absolute Gasteiger partial charge is 0.490 e. The number of piperazine rings is 1. The number of hydrogen-bond acceptors (Lipinski definition) is 6. The van der Waals surface area contributed by atoms with E-state index in [2.05, 4.69) is 20.6 Å². The third-order valence-electron chi connectivity index (χ3n) is 3.00. The molecule has 0 aromatic carbocycles. The van der Waals surface area contributed by atoms with Crippen LogP contribution >= 0.6 is 0 Å². The zero-order valence-corrected chi connectivity index (χ0v) is 10.7. The Morgan fingerprint density at radius 2 is 2.33 bits per heavy atom. The van der Waals surface area contributed by atoms with Crippen LogP contribution in [-0.4, -0.2) is 49.2 Å². The number of methoxy groups -OCH3 is 1. The molecule has 1 saturated heterocycles. The van der Waals surface area contributed by atoms with Gasteiger partial charge in [0.1, 0.15) is 12.4 Å². The predicted octanol–water partition coefficient (Wildman–Crippen LogP) is -0.148. The Kier molecular flexibility index (Phi) is 3.50. The van der Waals surface area contributed by atoms with E-state index in [1.807, 2.05) is 11.8 Å². The van der Waals surface area contributed by atoms with Crippen molar-refractivity contribution in [3.63, 3.8) is 0 Å². The van der Waals surface area contributed by atoms with Gasteiger partial charge in [0.25, 0.3) is 0 Å². The first-order chi connectivity index (χ1) is 8.69. The molecule has 1 aromatic heterocycles. The van der Waals surface area contributed by atoms with Crippen LogP contribution < -0.4 is 20.3 Å². The van der Waals surface area contributed by atoms with Gasteiger partial charge in [0, 0.05) is 20.1 Å². The minimum absolute atomic E-state index is 0.00655. The van der Waals surface area contributed by atoms with Gasteiger partial charge in [-0.3, -0.25) is 4.79 Å². The van der Waals surface area contributed by atoms with Crippen LogP contribution in [0.1, 0.15) is 6.92 Å². The Hall–Kier alpha value is -2.05. The second-order valence-electron chi connectivity index (χ2n) is 3.99. The molecule has 18 heavy (non-hydrogen) atoms. The van der Waals surface area contributed by atoms with Gasteiger partial charge in [0.2, 0.25) is 11.7 Å². The molecular formula is C11H17N5O2. The van der Waals surface area contributed by atoms with Crippen molar-refractivity contribution in [1.29, 1.82) is 0 Å². The second-order valence-corrected chi connectivity index (χ2v) is 3.99. The van der Waals surface area contributed by atoms with Gasteiger partial charge in [-0.25, -0.2) is 9.97 Å². The standard InChI is InChI=1S/C11H17N5O2/c1-7-11(17)13-4-5-16(7)10-8(18-3)9(12-2)14-6-15-10/h6-7H,4-5H2,1-3H3,(H,13,17)(H,12,14,15). The lowest BCUT2D eigenvalue weighted by atomic mass is 10.2. The van der Waals surface area contributed by atoms with Gasteiger partial charge >= 0.3 is 0 Å². The van der Waals surface area contributed by atoms with Gasteiger partial charge in [-0.1, -0.05) is 0 Å². The first kappa shape index (κ1) is 12.4. The number of nitrogens with one attached hydrogen (secondary N) is 2. The molecule has 0 saturated carbocycles. The van der Waals surface area contributed by atoms with E-state index in [-0.39, 0.29) is 11.9 Å². The van der Waals surface area contributed by atoms with Crippen molar-refractivity contribution in [3.8, 4) is 5.75 Å². The van der Waals surface area contributed by atoms with Gasteiger partial charge in [-0.2, -0.15) is 0 Å². The van der Waals surface area contributed by atoms with Gasteiger partial charge in [0.05, 0.1) is 7.11 Å². The topological polar surface area (TPSA) is 79.4 Å². The maximum absolute atomic E-state index is 11.7. The van der Waals surface area contributed by atoms with Crippen LogP contribution in [0.15, 0.2) is 6.33 Å². The molecular weight excluding hydrogens is 234 g/mol. The van der Waals surface area contributed by atoms with Crippen molar-refractivity contribution >= 4 is 17.5 Å². The molecule has 1 atom stereocenters. The number of carbonyl (C=O) groups excluding carboxylic acids is 1. The molecule has 1 unspecified atom stereocenters. The highest BCUT2D eigenvalue weighted by atomic mass is 16.5. The lowest BCUT2D eigenvalue weighted by Gasteiger charge is -2.34. The van der Waals surface area contributed by atoms with E-state index in [0.717, 1.165) is 0 Å². The summed E-state index contributed by atoms with van der Waals surface area (Å²) in [6.07, 6.45) is 1.46. The minimum atomic E-state index is -0.271. The molecule has 2 heterocycles. The van der Waals surface area contributed by atoms with E-state index >= 15 is 0 Å². The highest BCUT2D eigenvalue weighted by Crippen LogP contribution is 2.32. The highest BCUT2D eigenvalue weighted by Gasteiger charge is 2.29. The van der Waals surface area contributed by atoms with Crippen molar-refractivity contribution < 1.29 is 9.53 Å². The normalized spacial score (nSPS) is 19.4. The summed E-state index contributed by atoms with van der Waals surface area (Å²) >= 11 is 0. The van der Waals surface area contributed by atoms with Crippen LogP contribution in [0.25, 0.3) is 0 Å². The maximum Gasteiger partial charge on any atom is 0.242 e. The number of nitrogens with zero attached hydrogens (tertiary/aromatic N) is 3. The van der Waals surface area contributed by atoms with Gasteiger partial charge in [-0.05, 0) is 6.92 Å². The Bertz CT molecular complexity index is 451. The molecule has 1 amide bonds. The molecule has 1 aliphatic heterocycles. The van der Waals surface area contributed by atoms with E-state index in [0.29, 0.717) is 30.5 Å². The summed E-state index contributed by atoms with van der Waals surface area (Å²) in [6.45, 7) is 3.14. The molecule has 0 radical (unpaired) electrons. The molecule has 7 nitrogen and oxygen atoms in total. The van der Waals surface area contributed by atoms with E-state index < -0.39 is 0 Å². The first-order valence-electron chi connectivity index (χ1n) is 5.80. The number of ether oxygens (including phenoxy) is 1. The summed E-state index contributed by atoms with van der Waals surface area (Å²) in [5, 5.41) is 5.77. The van der Waals surface area contributed by atoms with Crippen LogP contribution in [0, 0.1) is 0 Å². The minimum Gasteiger partial charge on any atom is -0.490 e. The zero-order chi connectivity index (χ0) is 13.1. The number of rotatable bonds is 3. The third-order valence-corrected chi connectivity index (χ3v) is 3.00. The molecule has 98 valence electrons. The van der Waals surface area contributed by atoms with Crippen molar-refractivity contribution in [3.05, 3.63) is 6.33 Å². The summed E-state index contributed by atoms with van der Waals surface area (Å²) in [5.74, 6) is 1.80. The summed E-state index contributed by atoms with van der Waals surface area (Å²) in [4.78, 5) is 21.9. The van der Waals surface area contributed by atoms with E-state index in [4.69, 9.17) is 4.74 Å². The van der Waals surface area contributed by atoms with Crippen molar-refractivity contribution in [2.75, 3.05) is 37.5 Å². The Morgan fingerprint density at radius 3 is 3.00 bits per heavy atom.